The van der Waals surface area contributed by atoms with Crippen LogP contribution < -0.4 is 10.6 Å². The Bertz CT molecular complexity index is 1220. The predicted octanol–water partition coefficient (Wildman–Crippen LogP) is 3.74. The maximum atomic E-state index is 15.2. The number of carbonyl (C=O) groups is 1. The van der Waals surface area contributed by atoms with Crippen molar-refractivity contribution < 1.29 is 18.0 Å². The number of rotatable bonds is 6. The number of halogens is 3. The first kappa shape index (κ1) is 18.7. The molecule has 0 aliphatic carbocycles. The molecule has 4 aromatic rings. The van der Waals surface area contributed by atoms with Crippen LogP contribution in [-0.2, 0) is 4.79 Å². The molecular formula is C18H16F3N7O. The van der Waals surface area contributed by atoms with Crippen LogP contribution in [0, 0.1) is 5.82 Å². The van der Waals surface area contributed by atoms with Crippen LogP contribution in [0.4, 0.5) is 24.7 Å². The summed E-state index contributed by atoms with van der Waals surface area (Å²) in [6, 6.07) is -0.184. The Labute approximate surface area is 162 Å². The van der Waals surface area contributed by atoms with Gasteiger partial charge < -0.3 is 15.0 Å². The smallest absolute Gasteiger partial charge is 0.267 e. The molecule has 8 nitrogen and oxygen atoms in total. The van der Waals surface area contributed by atoms with Gasteiger partial charge in [-0.15, -0.1) is 0 Å². The normalized spacial score (nSPS) is 11.7. The Hall–Kier alpha value is -3.63. The van der Waals surface area contributed by atoms with Crippen molar-refractivity contribution in [3.05, 3.63) is 36.2 Å². The molecule has 0 unspecified atom stereocenters. The topological polar surface area (TPSA) is 100 Å². The zero-order chi connectivity index (χ0) is 20.7. The van der Waals surface area contributed by atoms with Gasteiger partial charge in [-0.25, -0.2) is 18.2 Å². The van der Waals surface area contributed by atoms with Gasteiger partial charge in [0.1, 0.15) is 0 Å². The van der Waals surface area contributed by atoms with Crippen LogP contribution >= 0.6 is 0 Å². The van der Waals surface area contributed by atoms with E-state index in [9.17, 15) is 13.6 Å². The van der Waals surface area contributed by atoms with Gasteiger partial charge in [-0.05, 0) is 13.8 Å². The molecule has 0 spiro atoms. The number of alkyl halides is 2. The van der Waals surface area contributed by atoms with E-state index in [1.165, 1.54) is 29.2 Å². The van der Waals surface area contributed by atoms with Gasteiger partial charge in [-0.2, -0.15) is 5.10 Å². The van der Waals surface area contributed by atoms with Crippen LogP contribution in [0.25, 0.3) is 27.8 Å². The van der Waals surface area contributed by atoms with Gasteiger partial charge in [-0.3, -0.25) is 14.9 Å². The van der Waals surface area contributed by atoms with Crippen LogP contribution in [0.5, 0.6) is 0 Å². The molecule has 1 amide bonds. The van der Waals surface area contributed by atoms with Gasteiger partial charge in [0, 0.05) is 23.2 Å². The fraction of sp³-hybridized carbons (Fsp3) is 0.222. The molecule has 0 aliphatic rings. The molecule has 150 valence electrons. The third kappa shape index (κ3) is 3.13. The standard InChI is InChI=1S/C18H16F3N7O/c1-8(2)25-17-15(19)14(18(20)21)13(9-3-24-27-16(9)17)10-5-28-6-11(23-7-29)26-12(28)4-22-10/h3-8,18,25H,1-2H3,(H,23,29)(H,24,27). The summed E-state index contributed by atoms with van der Waals surface area (Å²) in [6.07, 6.45) is 3.04. The minimum atomic E-state index is -3.08. The molecule has 3 heterocycles. The minimum absolute atomic E-state index is 0.0592. The number of nitrogens with one attached hydrogen (secondary N) is 3. The number of hydrogen-bond acceptors (Lipinski definition) is 5. The van der Waals surface area contributed by atoms with Crippen molar-refractivity contribution in [1.82, 2.24) is 24.6 Å². The number of amides is 1. The van der Waals surface area contributed by atoms with Gasteiger partial charge in [-0.1, -0.05) is 0 Å². The monoisotopic (exact) mass is 403 g/mol. The average Bonchev–Trinajstić information content (AvgIpc) is 3.29. The van der Waals surface area contributed by atoms with E-state index >= 15 is 4.39 Å². The number of imidazole rings is 1. The maximum absolute atomic E-state index is 15.2. The summed E-state index contributed by atoms with van der Waals surface area (Å²) in [5.41, 5.74) is -0.113. The SMILES string of the molecule is CC(C)Nc1c(F)c(C(F)F)c(-c2cn3cc(NC=O)nc3cn2)c2cn[nH]c12. The lowest BCUT2D eigenvalue weighted by atomic mass is 9.98. The first-order chi connectivity index (χ1) is 13.9. The molecule has 11 heteroatoms. The van der Waals surface area contributed by atoms with Crippen LogP contribution in [0.15, 0.2) is 24.8 Å². The Morgan fingerprint density at radius 2 is 2.03 bits per heavy atom. The summed E-state index contributed by atoms with van der Waals surface area (Å²) in [7, 11) is 0. The van der Waals surface area contributed by atoms with Crippen molar-refractivity contribution in [3.8, 4) is 11.3 Å². The number of H-pyrrole nitrogens is 1. The van der Waals surface area contributed by atoms with E-state index in [2.05, 4.69) is 30.8 Å². The molecule has 0 radical (unpaired) electrons. The minimum Gasteiger partial charge on any atom is -0.379 e. The number of benzene rings is 1. The molecule has 4 rings (SSSR count). The third-order valence-corrected chi connectivity index (χ3v) is 4.34. The Morgan fingerprint density at radius 1 is 1.24 bits per heavy atom. The fourth-order valence-corrected chi connectivity index (χ4v) is 3.23. The van der Waals surface area contributed by atoms with Gasteiger partial charge in [0.15, 0.2) is 17.3 Å². The van der Waals surface area contributed by atoms with Gasteiger partial charge in [0.05, 0.1) is 41.1 Å². The number of nitrogens with zero attached hydrogens (tertiary/aromatic N) is 4. The van der Waals surface area contributed by atoms with Crippen LogP contribution in [-0.4, -0.2) is 37.0 Å². The summed E-state index contributed by atoms with van der Waals surface area (Å²) in [4.78, 5) is 18.9. The van der Waals surface area contributed by atoms with Crippen LogP contribution in [0.3, 0.4) is 0 Å². The molecule has 3 N–H and O–H groups in total. The summed E-state index contributed by atoms with van der Waals surface area (Å²) in [5.74, 6) is -0.791. The summed E-state index contributed by atoms with van der Waals surface area (Å²) in [5, 5.41) is 12.2. The second kappa shape index (κ2) is 7.08. The summed E-state index contributed by atoms with van der Waals surface area (Å²) in [6.45, 7) is 3.55. The zero-order valence-electron chi connectivity index (χ0n) is 15.4. The molecule has 0 bridgehead atoms. The van der Waals surface area contributed by atoms with E-state index in [1.54, 1.807) is 13.8 Å². The molecule has 29 heavy (non-hydrogen) atoms. The van der Waals surface area contributed by atoms with E-state index < -0.39 is 17.8 Å². The molecule has 3 aromatic heterocycles. The lowest BCUT2D eigenvalue weighted by molar-refractivity contribution is -0.105. The van der Waals surface area contributed by atoms with E-state index in [0.29, 0.717) is 17.4 Å². The van der Waals surface area contributed by atoms with Crippen molar-refractivity contribution in [2.24, 2.45) is 0 Å². The highest BCUT2D eigenvalue weighted by Gasteiger charge is 2.28. The molecule has 0 saturated carbocycles. The first-order valence-corrected chi connectivity index (χ1v) is 8.69. The first-order valence-electron chi connectivity index (χ1n) is 8.69. The van der Waals surface area contributed by atoms with Crippen molar-refractivity contribution in [1.29, 1.82) is 0 Å². The average molecular weight is 403 g/mol. The number of carbonyl (C=O) groups excluding carboxylic acids is 1. The predicted molar refractivity (Wildman–Crippen MR) is 101 cm³/mol. The van der Waals surface area contributed by atoms with Crippen LogP contribution in [0.2, 0.25) is 0 Å². The van der Waals surface area contributed by atoms with Crippen LogP contribution in [0.1, 0.15) is 25.8 Å². The molecular weight excluding hydrogens is 387 g/mol. The molecule has 0 saturated heterocycles. The van der Waals surface area contributed by atoms with E-state index in [0.717, 1.165) is 0 Å². The molecule has 0 atom stereocenters. The Balaban J connectivity index is 2.00. The molecule has 0 aliphatic heterocycles. The van der Waals surface area contributed by atoms with Crippen molar-refractivity contribution >= 4 is 34.5 Å². The largest absolute Gasteiger partial charge is 0.379 e. The van der Waals surface area contributed by atoms with E-state index in [-0.39, 0.29) is 34.3 Å². The van der Waals surface area contributed by atoms with Crippen molar-refractivity contribution in [2.45, 2.75) is 26.3 Å². The zero-order valence-corrected chi connectivity index (χ0v) is 15.4. The van der Waals surface area contributed by atoms with Crippen molar-refractivity contribution in [2.75, 3.05) is 10.6 Å². The Kier molecular flexibility index (Phi) is 4.57. The molecule has 0 fully saturated rings. The lowest BCUT2D eigenvalue weighted by Crippen LogP contribution is -2.13. The van der Waals surface area contributed by atoms with Gasteiger partial charge >= 0.3 is 0 Å². The summed E-state index contributed by atoms with van der Waals surface area (Å²) >= 11 is 0. The lowest BCUT2D eigenvalue weighted by Gasteiger charge is -2.18. The molecule has 1 aromatic carbocycles. The highest BCUT2D eigenvalue weighted by molar-refractivity contribution is 6.02. The maximum Gasteiger partial charge on any atom is 0.267 e. The van der Waals surface area contributed by atoms with E-state index in [4.69, 9.17) is 0 Å². The quantitative estimate of drug-likeness (QED) is 0.426. The second-order valence-corrected chi connectivity index (χ2v) is 6.66. The fourth-order valence-electron chi connectivity index (χ4n) is 3.23. The Morgan fingerprint density at radius 3 is 2.72 bits per heavy atom. The number of aromatic amines is 1. The third-order valence-electron chi connectivity index (χ3n) is 4.34. The highest BCUT2D eigenvalue weighted by Crippen LogP contribution is 2.42. The number of anilines is 2. The summed E-state index contributed by atoms with van der Waals surface area (Å²) < 4.78 is 44.6. The van der Waals surface area contributed by atoms with E-state index in [1.807, 2.05) is 0 Å². The number of hydrogen-bond donors (Lipinski definition) is 3. The highest BCUT2D eigenvalue weighted by atomic mass is 19.3. The number of fused-ring (bicyclic) bond motifs is 2. The van der Waals surface area contributed by atoms with Gasteiger partial charge in [0.2, 0.25) is 6.41 Å². The number of aromatic nitrogens is 5. The van der Waals surface area contributed by atoms with Gasteiger partial charge in [0.25, 0.3) is 6.43 Å². The van der Waals surface area contributed by atoms with Crippen molar-refractivity contribution in [3.63, 3.8) is 0 Å². The second-order valence-electron chi connectivity index (χ2n) is 6.66.